The fourth-order valence-electron chi connectivity index (χ4n) is 4.57. The maximum absolute atomic E-state index is 13.7. The Kier molecular flexibility index (Phi) is 5.57. The average Bonchev–Trinajstić information content (AvgIpc) is 2.79. The van der Waals surface area contributed by atoms with E-state index in [0.717, 1.165) is 16.9 Å². The van der Waals surface area contributed by atoms with Crippen LogP contribution >= 0.6 is 0 Å². The van der Waals surface area contributed by atoms with Gasteiger partial charge in [-0.25, -0.2) is 0 Å². The maximum atomic E-state index is 13.7. The minimum atomic E-state index is -0.325. The third-order valence-corrected chi connectivity index (χ3v) is 5.89. The molecule has 0 amide bonds. The smallest absolute Gasteiger partial charge is 0.167 e. The summed E-state index contributed by atoms with van der Waals surface area (Å²) in [7, 11) is 1.63. The zero-order valence-corrected chi connectivity index (χ0v) is 16.5. The van der Waals surface area contributed by atoms with E-state index < -0.39 is 0 Å². The summed E-state index contributed by atoms with van der Waals surface area (Å²) >= 11 is 0. The second-order valence-electron chi connectivity index (χ2n) is 7.57. The minimum absolute atomic E-state index is 0.0860. The molecule has 0 saturated heterocycles. The predicted octanol–water partition coefficient (Wildman–Crippen LogP) is 5.42. The fraction of sp³-hybridized carbons (Fsp3) is 0.231. The van der Waals surface area contributed by atoms with E-state index in [1.54, 1.807) is 7.11 Å². The Balaban J connectivity index is 1.85. The number of carbonyl (C=O) groups is 2. The van der Waals surface area contributed by atoms with Crippen molar-refractivity contribution in [2.45, 2.75) is 24.7 Å². The van der Waals surface area contributed by atoms with Crippen molar-refractivity contribution >= 4 is 11.6 Å². The van der Waals surface area contributed by atoms with Crippen LogP contribution in [0.4, 0.5) is 0 Å². The second-order valence-corrected chi connectivity index (χ2v) is 7.57. The van der Waals surface area contributed by atoms with Gasteiger partial charge in [0.2, 0.25) is 0 Å². The van der Waals surface area contributed by atoms with Gasteiger partial charge in [-0.3, -0.25) is 9.59 Å². The van der Waals surface area contributed by atoms with Gasteiger partial charge in [-0.05, 0) is 17.2 Å². The SMILES string of the molecule is COc1ccccc1C1CC(=O)CC(c2ccccc2)C1C(=O)c1ccccc1. The summed E-state index contributed by atoms with van der Waals surface area (Å²) in [6.45, 7) is 0. The normalized spacial score (nSPS) is 21.6. The van der Waals surface area contributed by atoms with Crippen LogP contribution in [-0.2, 0) is 4.79 Å². The maximum Gasteiger partial charge on any atom is 0.167 e. The third-order valence-electron chi connectivity index (χ3n) is 5.89. The summed E-state index contributed by atoms with van der Waals surface area (Å²) in [5.74, 6) is 0.304. The Morgan fingerprint density at radius 1 is 0.793 bits per heavy atom. The number of para-hydroxylation sites is 1. The Morgan fingerprint density at radius 3 is 2.07 bits per heavy atom. The van der Waals surface area contributed by atoms with Crippen molar-refractivity contribution in [3.63, 3.8) is 0 Å². The van der Waals surface area contributed by atoms with Crippen LogP contribution < -0.4 is 4.74 Å². The molecule has 3 aromatic carbocycles. The van der Waals surface area contributed by atoms with E-state index in [4.69, 9.17) is 4.74 Å². The Bertz CT molecular complexity index is 995. The van der Waals surface area contributed by atoms with E-state index in [1.165, 1.54) is 0 Å². The van der Waals surface area contributed by atoms with Crippen LogP contribution in [-0.4, -0.2) is 18.7 Å². The highest BCUT2D eigenvalue weighted by atomic mass is 16.5. The zero-order valence-electron chi connectivity index (χ0n) is 16.5. The molecule has 1 aliphatic carbocycles. The molecule has 3 nitrogen and oxygen atoms in total. The van der Waals surface area contributed by atoms with Gasteiger partial charge in [0, 0.05) is 36.2 Å². The van der Waals surface area contributed by atoms with Gasteiger partial charge in [0.05, 0.1) is 7.11 Å². The molecular formula is C26H24O3. The first-order chi connectivity index (χ1) is 14.2. The number of rotatable bonds is 5. The third kappa shape index (κ3) is 3.86. The highest BCUT2D eigenvalue weighted by molar-refractivity contribution is 6.00. The van der Waals surface area contributed by atoms with Crippen molar-refractivity contribution < 1.29 is 14.3 Å². The van der Waals surface area contributed by atoms with Crippen LogP contribution in [0.1, 0.15) is 46.2 Å². The quantitative estimate of drug-likeness (QED) is 0.551. The largest absolute Gasteiger partial charge is 0.496 e. The summed E-state index contributed by atoms with van der Waals surface area (Å²) in [5.41, 5.74) is 2.65. The lowest BCUT2D eigenvalue weighted by Crippen LogP contribution is -2.36. The van der Waals surface area contributed by atoms with Crippen LogP contribution in [0.25, 0.3) is 0 Å². The van der Waals surface area contributed by atoms with E-state index in [1.807, 2.05) is 84.9 Å². The fourth-order valence-corrected chi connectivity index (χ4v) is 4.57. The van der Waals surface area contributed by atoms with Crippen LogP contribution in [0.3, 0.4) is 0 Å². The van der Waals surface area contributed by atoms with Crippen molar-refractivity contribution in [3.8, 4) is 5.75 Å². The highest BCUT2D eigenvalue weighted by Crippen LogP contribution is 2.48. The molecule has 1 fully saturated rings. The molecule has 0 radical (unpaired) electrons. The highest BCUT2D eigenvalue weighted by Gasteiger charge is 2.43. The van der Waals surface area contributed by atoms with Gasteiger partial charge in [0.25, 0.3) is 0 Å². The van der Waals surface area contributed by atoms with Gasteiger partial charge in [-0.1, -0.05) is 78.9 Å². The minimum Gasteiger partial charge on any atom is -0.496 e. The molecule has 3 aromatic rings. The first-order valence-electron chi connectivity index (χ1n) is 9.98. The van der Waals surface area contributed by atoms with Gasteiger partial charge in [0.15, 0.2) is 5.78 Å². The predicted molar refractivity (Wildman–Crippen MR) is 113 cm³/mol. The molecule has 4 rings (SSSR count). The molecule has 1 saturated carbocycles. The number of ketones is 2. The lowest BCUT2D eigenvalue weighted by Gasteiger charge is -2.37. The molecule has 146 valence electrons. The van der Waals surface area contributed by atoms with Crippen LogP contribution in [0.2, 0.25) is 0 Å². The summed E-state index contributed by atoms with van der Waals surface area (Å²) in [5, 5.41) is 0. The molecule has 0 spiro atoms. The number of ether oxygens (including phenoxy) is 1. The molecule has 3 heteroatoms. The zero-order chi connectivity index (χ0) is 20.2. The number of carbonyl (C=O) groups excluding carboxylic acids is 2. The second kappa shape index (κ2) is 8.44. The lowest BCUT2D eigenvalue weighted by atomic mass is 9.64. The van der Waals surface area contributed by atoms with Crippen molar-refractivity contribution in [2.75, 3.05) is 7.11 Å². The molecule has 0 aliphatic heterocycles. The van der Waals surface area contributed by atoms with Gasteiger partial charge < -0.3 is 4.74 Å². The molecule has 3 atom stereocenters. The molecule has 0 N–H and O–H groups in total. The van der Waals surface area contributed by atoms with Crippen LogP contribution in [0.5, 0.6) is 5.75 Å². The molecule has 0 heterocycles. The molecule has 3 unspecified atom stereocenters. The van der Waals surface area contributed by atoms with Crippen molar-refractivity contribution in [1.82, 2.24) is 0 Å². The lowest BCUT2D eigenvalue weighted by molar-refractivity contribution is -0.121. The molecular weight excluding hydrogens is 360 g/mol. The molecule has 0 aromatic heterocycles. The first-order valence-corrected chi connectivity index (χ1v) is 9.98. The number of methoxy groups -OCH3 is 1. The van der Waals surface area contributed by atoms with Gasteiger partial charge >= 0.3 is 0 Å². The monoisotopic (exact) mass is 384 g/mol. The number of hydrogen-bond donors (Lipinski definition) is 0. The summed E-state index contributed by atoms with van der Waals surface area (Å²) in [4.78, 5) is 26.5. The number of Topliss-reactive ketones (excluding diaryl/α,β-unsaturated/α-hetero) is 2. The van der Waals surface area contributed by atoms with Crippen LogP contribution in [0.15, 0.2) is 84.9 Å². The summed E-state index contributed by atoms with van der Waals surface area (Å²) in [6, 6.07) is 27.1. The van der Waals surface area contributed by atoms with E-state index in [-0.39, 0.29) is 29.3 Å². The van der Waals surface area contributed by atoms with Crippen LogP contribution in [0, 0.1) is 5.92 Å². The Morgan fingerprint density at radius 2 is 1.38 bits per heavy atom. The average molecular weight is 384 g/mol. The molecule has 29 heavy (non-hydrogen) atoms. The first kappa shape index (κ1) is 19.1. The van der Waals surface area contributed by atoms with E-state index in [2.05, 4.69) is 0 Å². The van der Waals surface area contributed by atoms with Crippen molar-refractivity contribution in [3.05, 3.63) is 102 Å². The topological polar surface area (TPSA) is 43.4 Å². The van der Waals surface area contributed by atoms with Crippen molar-refractivity contribution in [1.29, 1.82) is 0 Å². The number of hydrogen-bond acceptors (Lipinski definition) is 3. The van der Waals surface area contributed by atoms with Gasteiger partial charge in [0.1, 0.15) is 11.5 Å². The Labute approximate surface area is 171 Å². The summed E-state index contributed by atoms with van der Waals surface area (Å²) < 4.78 is 5.59. The number of benzene rings is 3. The molecule has 0 bridgehead atoms. The van der Waals surface area contributed by atoms with Gasteiger partial charge in [-0.15, -0.1) is 0 Å². The van der Waals surface area contributed by atoms with E-state index in [0.29, 0.717) is 18.4 Å². The van der Waals surface area contributed by atoms with Crippen molar-refractivity contribution in [2.24, 2.45) is 5.92 Å². The van der Waals surface area contributed by atoms with Gasteiger partial charge in [-0.2, -0.15) is 0 Å². The van der Waals surface area contributed by atoms with E-state index in [9.17, 15) is 9.59 Å². The van der Waals surface area contributed by atoms with E-state index >= 15 is 0 Å². The molecule has 1 aliphatic rings. The summed E-state index contributed by atoms with van der Waals surface area (Å²) in [6.07, 6.45) is 0.742. The standard InChI is InChI=1S/C26H24O3/c1-29-24-15-9-8-14-21(24)23-17-20(27)16-22(18-10-4-2-5-11-18)25(23)26(28)19-12-6-3-7-13-19/h2-15,22-23,25H,16-17H2,1H3. The Hall–Kier alpha value is -3.20.